The fourth-order valence-electron chi connectivity index (χ4n) is 5.37. The van der Waals surface area contributed by atoms with Gasteiger partial charge < -0.3 is 20.7 Å². The number of pyridine rings is 3. The topological polar surface area (TPSA) is 106 Å². The Morgan fingerprint density at radius 2 is 1.94 bits per heavy atom. The summed E-state index contributed by atoms with van der Waals surface area (Å²) < 4.78 is 5.35. The number of likely N-dealkylation sites (tertiary alicyclic amines) is 1. The van der Waals surface area contributed by atoms with Crippen LogP contribution >= 0.6 is 0 Å². The minimum atomic E-state index is -0.382. The predicted octanol–water partition coefficient (Wildman–Crippen LogP) is 4.52. The number of esters is 1. The molecule has 0 atom stereocenters. The van der Waals surface area contributed by atoms with Gasteiger partial charge in [-0.25, -0.2) is 14.8 Å². The first-order chi connectivity index (χ1) is 17.1. The molecule has 3 N–H and O–H groups in total. The number of nitrogen functional groups attached to an aromatic ring is 1. The Labute approximate surface area is 206 Å². The zero-order valence-corrected chi connectivity index (χ0v) is 20.4. The average Bonchev–Trinajstić information content (AvgIpc) is 3.38. The molecule has 0 radical (unpaired) electrons. The SMILES string of the molecule is CCOC(=O)c1cnc2ccc(-c3ccnc(N)c3)nc2c1NC1CCC(CN2CCCC2)CC1. The number of anilines is 2. The largest absolute Gasteiger partial charge is 0.462 e. The Bertz CT molecular complexity index is 1190. The van der Waals surface area contributed by atoms with Gasteiger partial charge in [0.05, 0.1) is 23.5 Å². The third-order valence-electron chi connectivity index (χ3n) is 7.20. The molecule has 1 aliphatic heterocycles. The number of carbonyl (C=O) groups excluding carboxylic acids is 1. The number of aromatic nitrogens is 3. The second-order valence-electron chi connectivity index (χ2n) is 9.67. The Morgan fingerprint density at radius 1 is 1.14 bits per heavy atom. The smallest absolute Gasteiger partial charge is 0.341 e. The number of fused-ring (bicyclic) bond motifs is 1. The highest BCUT2D eigenvalue weighted by Crippen LogP contribution is 2.33. The van der Waals surface area contributed by atoms with E-state index in [9.17, 15) is 4.79 Å². The van der Waals surface area contributed by atoms with E-state index in [1.165, 1.54) is 45.3 Å². The van der Waals surface area contributed by atoms with Crippen molar-refractivity contribution in [1.82, 2.24) is 19.9 Å². The molecule has 0 amide bonds. The summed E-state index contributed by atoms with van der Waals surface area (Å²) in [6.07, 6.45) is 10.5. The first-order valence-electron chi connectivity index (χ1n) is 12.8. The van der Waals surface area contributed by atoms with Gasteiger partial charge in [0.2, 0.25) is 0 Å². The summed E-state index contributed by atoms with van der Waals surface area (Å²) >= 11 is 0. The van der Waals surface area contributed by atoms with Crippen LogP contribution in [0.1, 0.15) is 55.8 Å². The molecule has 2 fully saturated rings. The maximum absolute atomic E-state index is 12.8. The second kappa shape index (κ2) is 10.6. The van der Waals surface area contributed by atoms with Crippen LogP contribution in [0.2, 0.25) is 0 Å². The normalized spacial score (nSPS) is 20.7. The molecule has 8 nitrogen and oxygen atoms in total. The number of rotatable bonds is 7. The highest BCUT2D eigenvalue weighted by Gasteiger charge is 2.26. The van der Waals surface area contributed by atoms with Crippen LogP contribution in [0.5, 0.6) is 0 Å². The van der Waals surface area contributed by atoms with Crippen LogP contribution in [-0.4, -0.2) is 58.1 Å². The lowest BCUT2D eigenvalue weighted by atomic mass is 9.85. The monoisotopic (exact) mass is 474 g/mol. The molecule has 0 bridgehead atoms. The Balaban J connectivity index is 1.42. The van der Waals surface area contributed by atoms with Crippen LogP contribution in [0.3, 0.4) is 0 Å². The molecular formula is C27H34N6O2. The van der Waals surface area contributed by atoms with Crippen LogP contribution in [0.15, 0.2) is 36.7 Å². The number of hydrogen-bond acceptors (Lipinski definition) is 8. The number of nitrogens with zero attached hydrogens (tertiary/aromatic N) is 4. The molecular weight excluding hydrogens is 440 g/mol. The van der Waals surface area contributed by atoms with Gasteiger partial charge in [-0.2, -0.15) is 0 Å². The fraction of sp³-hybridized carbons (Fsp3) is 0.481. The van der Waals surface area contributed by atoms with E-state index < -0.39 is 0 Å². The number of nitrogens with two attached hydrogens (primary N) is 1. The van der Waals surface area contributed by atoms with Crippen molar-refractivity contribution < 1.29 is 9.53 Å². The minimum absolute atomic E-state index is 0.283. The van der Waals surface area contributed by atoms with Gasteiger partial charge in [0.15, 0.2) is 0 Å². The highest BCUT2D eigenvalue weighted by atomic mass is 16.5. The molecule has 35 heavy (non-hydrogen) atoms. The summed E-state index contributed by atoms with van der Waals surface area (Å²) in [6, 6.07) is 7.81. The molecule has 3 aromatic heterocycles. The van der Waals surface area contributed by atoms with Crippen molar-refractivity contribution in [2.45, 2.75) is 51.5 Å². The van der Waals surface area contributed by atoms with Crippen molar-refractivity contribution in [2.24, 2.45) is 5.92 Å². The van der Waals surface area contributed by atoms with E-state index in [2.05, 4.69) is 20.2 Å². The molecule has 1 saturated heterocycles. The van der Waals surface area contributed by atoms with Gasteiger partial charge in [-0.3, -0.25) is 4.98 Å². The molecule has 0 aromatic carbocycles. The summed E-state index contributed by atoms with van der Waals surface area (Å²) in [6.45, 7) is 5.84. The van der Waals surface area contributed by atoms with E-state index >= 15 is 0 Å². The number of carbonyl (C=O) groups is 1. The van der Waals surface area contributed by atoms with Crippen molar-refractivity contribution in [3.8, 4) is 11.3 Å². The van der Waals surface area contributed by atoms with Crippen LogP contribution in [0, 0.1) is 5.92 Å². The third-order valence-corrected chi connectivity index (χ3v) is 7.20. The zero-order valence-electron chi connectivity index (χ0n) is 20.4. The van der Waals surface area contributed by atoms with E-state index in [4.69, 9.17) is 15.5 Å². The van der Waals surface area contributed by atoms with Crippen molar-refractivity contribution in [2.75, 3.05) is 37.3 Å². The van der Waals surface area contributed by atoms with Crippen molar-refractivity contribution in [3.05, 3.63) is 42.2 Å². The molecule has 1 aliphatic carbocycles. The number of nitrogens with one attached hydrogen (secondary N) is 1. The summed E-state index contributed by atoms with van der Waals surface area (Å²) in [5.41, 5.74) is 10.1. The molecule has 2 aliphatic rings. The maximum atomic E-state index is 12.8. The van der Waals surface area contributed by atoms with E-state index in [1.807, 2.05) is 25.1 Å². The maximum Gasteiger partial charge on any atom is 0.341 e. The van der Waals surface area contributed by atoms with E-state index in [1.54, 1.807) is 18.5 Å². The van der Waals surface area contributed by atoms with Crippen LogP contribution in [0.4, 0.5) is 11.5 Å². The van der Waals surface area contributed by atoms with Crippen LogP contribution < -0.4 is 11.1 Å². The van der Waals surface area contributed by atoms with Gasteiger partial charge in [-0.1, -0.05) is 0 Å². The van der Waals surface area contributed by atoms with Gasteiger partial charge in [0.1, 0.15) is 16.9 Å². The second-order valence-corrected chi connectivity index (χ2v) is 9.67. The first-order valence-corrected chi connectivity index (χ1v) is 12.8. The first kappa shape index (κ1) is 23.5. The molecule has 8 heteroatoms. The minimum Gasteiger partial charge on any atom is -0.462 e. The van der Waals surface area contributed by atoms with Gasteiger partial charge in [-0.15, -0.1) is 0 Å². The molecule has 0 unspecified atom stereocenters. The lowest BCUT2D eigenvalue weighted by molar-refractivity contribution is 0.0527. The van der Waals surface area contributed by atoms with E-state index in [0.29, 0.717) is 29.2 Å². The van der Waals surface area contributed by atoms with Crippen LogP contribution in [-0.2, 0) is 4.74 Å². The Morgan fingerprint density at radius 3 is 2.69 bits per heavy atom. The summed E-state index contributed by atoms with van der Waals surface area (Å²) in [4.78, 5) is 29.0. The van der Waals surface area contributed by atoms with Gasteiger partial charge >= 0.3 is 5.97 Å². The van der Waals surface area contributed by atoms with Crippen molar-refractivity contribution >= 4 is 28.5 Å². The van der Waals surface area contributed by atoms with E-state index in [0.717, 1.165) is 35.5 Å². The number of ether oxygens (including phenoxy) is 1. The zero-order chi connectivity index (χ0) is 24.2. The summed E-state index contributed by atoms with van der Waals surface area (Å²) in [7, 11) is 0. The van der Waals surface area contributed by atoms with Crippen molar-refractivity contribution in [3.63, 3.8) is 0 Å². The van der Waals surface area contributed by atoms with Crippen LogP contribution in [0.25, 0.3) is 22.3 Å². The summed E-state index contributed by atoms with van der Waals surface area (Å²) in [5.74, 6) is 0.811. The Hall–Kier alpha value is -3.26. The highest BCUT2D eigenvalue weighted by molar-refractivity contribution is 6.04. The average molecular weight is 475 g/mol. The number of hydrogen-bond donors (Lipinski definition) is 2. The van der Waals surface area contributed by atoms with Gasteiger partial charge in [-0.05, 0) is 88.7 Å². The molecule has 184 valence electrons. The van der Waals surface area contributed by atoms with Crippen molar-refractivity contribution in [1.29, 1.82) is 0 Å². The molecule has 4 heterocycles. The quantitative estimate of drug-likeness (QED) is 0.482. The molecule has 5 rings (SSSR count). The third kappa shape index (κ3) is 5.37. The predicted molar refractivity (Wildman–Crippen MR) is 138 cm³/mol. The molecule has 0 spiro atoms. The van der Waals surface area contributed by atoms with E-state index in [-0.39, 0.29) is 12.0 Å². The van der Waals surface area contributed by atoms with Gasteiger partial charge in [0.25, 0.3) is 0 Å². The fourth-order valence-corrected chi connectivity index (χ4v) is 5.37. The summed E-state index contributed by atoms with van der Waals surface area (Å²) in [5, 5.41) is 3.68. The Kier molecular flexibility index (Phi) is 7.08. The standard InChI is InChI=1S/C27H34N6O2/c1-2-35-27(34)21-16-30-23-10-9-22(19-11-12-29-24(28)15-19)32-26(23)25(21)31-20-7-5-18(6-8-20)17-33-13-3-4-14-33/h9-12,15-16,18,20H,2-8,13-14,17H2,1H3,(H2,28,29)(H,30,31). The lowest BCUT2D eigenvalue weighted by Crippen LogP contribution is -2.33. The van der Waals surface area contributed by atoms with Gasteiger partial charge in [0, 0.05) is 30.5 Å². The molecule has 3 aromatic rings. The lowest BCUT2D eigenvalue weighted by Gasteiger charge is -2.32. The molecule has 1 saturated carbocycles.